The predicted molar refractivity (Wildman–Crippen MR) is 77.1 cm³/mol. The first-order chi connectivity index (χ1) is 9.17. The maximum atomic E-state index is 9.95. The minimum Gasteiger partial charge on any atom is -0.389 e. The zero-order valence-electron chi connectivity index (χ0n) is 11.8. The first kappa shape index (κ1) is 13.9. The Kier molecular flexibility index (Phi) is 4.44. The van der Waals surface area contributed by atoms with Gasteiger partial charge in [-0.1, -0.05) is 18.9 Å². The summed E-state index contributed by atoms with van der Waals surface area (Å²) >= 11 is 0. The fourth-order valence-corrected chi connectivity index (χ4v) is 3.06. The smallest absolute Gasteiger partial charge is 0.0992 e. The Bertz CT molecular complexity index is 470. The molecule has 0 aromatic heterocycles. The Hall–Kier alpha value is -1.53. The van der Waals surface area contributed by atoms with Crippen LogP contribution in [0.2, 0.25) is 0 Å². The van der Waals surface area contributed by atoms with Gasteiger partial charge in [-0.3, -0.25) is 0 Å². The molecule has 0 amide bonds. The van der Waals surface area contributed by atoms with Crippen molar-refractivity contribution in [3.63, 3.8) is 0 Å². The molecule has 1 aromatic carbocycles. The Labute approximate surface area is 115 Å². The molecule has 1 aliphatic carbocycles. The minimum absolute atomic E-state index is 0.502. The van der Waals surface area contributed by atoms with Crippen molar-refractivity contribution in [2.24, 2.45) is 0 Å². The molecule has 0 spiro atoms. The van der Waals surface area contributed by atoms with Crippen LogP contribution in [-0.4, -0.2) is 17.7 Å². The molecular formula is C16H22N2O. The van der Waals surface area contributed by atoms with Gasteiger partial charge in [-0.15, -0.1) is 0 Å². The van der Waals surface area contributed by atoms with E-state index in [9.17, 15) is 5.11 Å². The van der Waals surface area contributed by atoms with Crippen LogP contribution in [0.4, 0.5) is 5.69 Å². The van der Waals surface area contributed by atoms with Crippen molar-refractivity contribution in [2.45, 2.75) is 51.7 Å². The Morgan fingerprint density at radius 2 is 2.11 bits per heavy atom. The average molecular weight is 258 g/mol. The van der Waals surface area contributed by atoms with E-state index in [0.717, 1.165) is 17.8 Å². The summed E-state index contributed by atoms with van der Waals surface area (Å²) in [6.07, 6.45) is 4.48. The first-order valence-corrected chi connectivity index (χ1v) is 7.16. The minimum atomic E-state index is -0.502. The van der Waals surface area contributed by atoms with Gasteiger partial charge in [-0.05, 0) is 38.8 Å². The standard InChI is InChI=1S/C16H22N2O/c1-3-18(14-6-4-5-7-14)16-10-13(11-17)8-9-15(16)12(2)19/h8-10,12,14,19H,3-7H2,1-2H3/t12-/m1/s1. The van der Waals surface area contributed by atoms with Crippen molar-refractivity contribution in [1.82, 2.24) is 0 Å². The summed E-state index contributed by atoms with van der Waals surface area (Å²) in [7, 11) is 0. The largest absolute Gasteiger partial charge is 0.389 e. The van der Waals surface area contributed by atoms with Gasteiger partial charge in [-0.25, -0.2) is 0 Å². The molecule has 102 valence electrons. The summed E-state index contributed by atoms with van der Waals surface area (Å²) < 4.78 is 0. The van der Waals surface area contributed by atoms with Crippen LogP contribution in [0.5, 0.6) is 0 Å². The lowest BCUT2D eigenvalue weighted by molar-refractivity contribution is 0.199. The Morgan fingerprint density at radius 1 is 1.42 bits per heavy atom. The summed E-state index contributed by atoms with van der Waals surface area (Å²) in [5.74, 6) is 0. The fraction of sp³-hybridized carbons (Fsp3) is 0.562. The van der Waals surface area contributed by atoms with E-state index in [4.69, 9.17) is 5.26 Å². The van der Waals surface area contributed by atoms with Crippen LogP contribution in [0, 0.1) is 11.3 Å². The van der Waals surface area contributed by atoms with E-state index in [0.29, 0.717) is 11.6 Å². The second-order valence-electron chi connectivity index (χ2n) is 5.29. The molecule has 2 rings (SSSR count). The zero-order chi connectivity index (χ0) is 13.8. The Balaban J connectivity index is 2.41. The third-order valence-corrected chi connectivity index (χ3v) is 4.03. The van der Waals surface area contributed by atoms with Gasteiger partial charge in [0.1, 0.15) is 0 Å². The molecule has 0 aliphatic heterocycles. The SMILES string of the molecule is CCN(c1cc(C#N)ccc1[C@@H](C)O)C1CCCC1. The van der Waals surface area contributed by atoms with E-state index in [-0.39, 0.29) is 0 Å². The third-order valence-electron chi connectivity index (χ3n) is 4.03. The van der Waals surface area contributed by atoms with Crippen molar-refractivity contribution >= 4 is 5.69 Å². The number of hydrogen-bond acceptors (Lipinski definition) is 3. The van der Waals surface area contributed by atoms with Gasteiger partial charge in [0.25, 0.3) is 0 Å². The summed E-state index contributed by atoms with van der Waals surface area (Å²) in [6, 6.07) is 8.34. The van der Waals surface area contributed by atoms with Crippen LogP contribution >= 0.6 is 0 Å². The first-order valence-electron chi connectivity index (χ1n) is 7.16. The molecule has 1 aromatic rings. The number of rotatable bonds is 4. The molecule has 0 bridgehead atoms. The van der Waals surface area contributed by atoms with Gasteiger partial charge in [0, 0.05) is 23.8 Å². The lowest BCUT2D eigenvalue weighted by Crippen LogP contribution is -2.34. The van der Waals surface area contributed by atoms with Crippen LogP contribution in [0.25, 0.3) is 0 Å². The van der Waals surface area contributed by atoms with E-state index in [1.807, 2.05) is 12.1 Å². The molecule has 0 unspecified atom stereocenters. The maximum Gasteiger partial charge on any atom is 0.0992 e. The normalized spacial score (nSPS) is 17.2. The maximum absolute atomic E-state index is 9.95. The summed E-state index contributed by atoms with van der Waals surface area (Å²) in [6.45, 7) is 4.84. The molecule has 3 heteroatoms. The van der Waals surface area contributed by atoms with Crippen LogP contribution in [0.3, 0.4) is 0 Å². The van der Waals surface area contributed by atoms with Crippen molar-refractivity contribution in [3.8, 4) is 6.07 Å². The highest BCUT2D eigenvalue weighted by Crippen LogP contribution is 2.33. The monoisotopic (exact) mass is 258 g/mol. The highest BCUT2D eigenvalue weighted by molar-refractivity contribution is 5.59. The lowest BCUT2D eigenvalue weighted by Gasteiger charge is -2.32. The lowest BCUT2D eigenvalue weighted by atomic mass is 10.0. The number of aliphatic hydroxyl groups excluding tert-OH is 1. The average Bonchev–Trinajstić information content (AvgIpc) is 2.93. The van der Waals surface area contributed by atoms with Gasteiger partial charge in [0.2, 0.25) is 0 Å². The zero-order valence-corrected chi connectivity index (χ0v) is 11.8. The molecule has 19 heavy (non-hydrogen) atoms. The van der Waals surface area contributed by atoms with E-state index in [2.05, 4.69) is 17.9 Å². The van der Waals surface area contributed by atoms with Crippen molar-refractivity contribution in [2.75, 3.05) is 11.4 Å². The second kappa shape index (κ2) is 6.08. The van der Waals surface area contributed by atoms with Gasteiger partial charge in [0.15, 0.2) is 0 Å². The topological polar surface area (TPSA) is 47.3 Å². The van der Waals surface area contributed by atoms with Gasteiger partial charge in [-0.2, -0.15) is 5.26 Å². The van der Waals surface area contributed by atoms with Gasteiger partial charge < -0.3 is 10.0 Å². The molecule has 3 nitrogen and oxygen atoms in total. The van der Waals surface area contributed by atoms with E-state index < -0.39 is 6.10 Å². The molecule has 0 radical (unpaired) electrons. The molecule has 1 N–H and O–H groups in total. The number of nitriles is 1. The van der Waals surface area contributed by atoms with E-state index in [1.54, 1.807) is 13.0 Å². The van der Waals surface area contributed by atoms with Crippen LogP contribution in [0.15, 0.2) is 18.2 Å². The number of anilines is 1. The number of nitrogens with zero attached hydrogens (tertiary/aromatic N) is 2. The number of benzene rings is 1. The van der Waals surface area contributed by atoms with Crippen molar-refractivity contribution in [1.29, 1.82) is 5.26 Å². The van der Waals surface area contributed by atoms with Crippen LogP contribution in [0.1, 0.15) is 56.8 Å². The highest BCUT2D eigenvalue weighted by atomic mass is 16.3. The quantitative estimate of drug-likeness (QED) is 0.900. The van der Waals surface area contributed by atoms with E-state index in [1.165, 1.54) is 25.7 Å². The second-order valence-corrected chi connectivity index (χ2v) is 5.29. The molecule has 0 saturated heterocycles. The number of aliphatic hydroxyl groups is 1. The van der Waals surface area contributed by atoms with Gasteiger partial charge >= 0.3 is 0 Å². The third kappa shape index (κ3) is 2.90. The van der Waals surface area contributed by atoms with Crippen LogP contribution < -0.4 is 4.90 Å². The van der Waals surface area contributed by atoms with Crippen molar-refractivity contribution in [3.05, 3.63) is 29.3 Å². The molecule has 0 heterocycles. The fourth-order valence-electron chi connectivity index (χ4n) is 3.06. The van der Waals surface area contributed by atoms with Gasteiger partial charge in [0.05, 0.1) is 17.7 Å². The molecule has 1 atom stereocenters. The molecule has 1 aliphatic rings. The van der Waals surface area contributed by atoms with Crippen molar-refractivity contribution < 1.29 is 5.11 Å². The predicted octanol–water partition coefficient (Wildman–Crippen LogP) is 3.38. The Morgan fingerprint density at radius 3 is 2.63 bits per heavy atom. The molecule has 1 fully saturated rings. The summed E-state index contributed by atoms with van der Waals surface area (Å²) in [4.78, 5) is 2.36. The summed E-state index contributed by atoms with van der Waals surface area (Å²) in [5, 5.41) is 19.0. The number of hydrogen-bond donors (Lipinski definition) is 1. The molecule has 1 saturated carbocycles. The summed E-state index contributed by atoms with van der Waals surface area (Å²) in [5.41, 5.74) is 2.62. The molecular weight excluding hydrogens is 236 g/mol. The van der Waals surface area contributed by atoms with E-state index >= 15 is 0 Å². The van der Waals surface area contributed by atoms with Crippen LogP contribution in [-0.2, 0) is 0 Å². The highest BCUT2D eigenvalue weighted by Gasteiger charge is 2.24.